The summed E-state index contributed by atoms with van der Waals surface area (Å²) in [4.78, 5) is 29.5. The molecule has 1 aliphatic rings. The number of rotatable bonds is 13. The van der Waals surface area contributed by atoms with Crippen LogP contribution in [0.1, 0.15) is 57.1 Å². The molecule has 1 saturated carbocycles. The number of sulfonamides is 1. The van der Waals surface area contributed by atoms with Gasteiger partial charge in [-0.25, -0.2) is 8.42 Å². The molecular formula is C33H39Cl2N3O5S. The molecule has 0 radical (unpaired) electrons. The standard InChI is InChI=1S/C33H39Cl2N3O5S/c1-4-29(33(40)36-25-10-6-7-11-25)37(21-24-16-19-27(34)28(35)20-24)32(39)22-38(30-12-8-9-13-31(30)43-5-2)44(41,42)26-17-14-23(3)15-18-26/h8-9,12-20,25,29H,4-7,10-11,21-22H2,1-3H3,(H,36,40)/t29-/m1/s1. The van der Waals surface area contributed by atoms with Crippen LogP contribution in [-0.4, -0.2) is 50.4 Å². The molecule has 0 saturated heterocycles. The highest BCUT2D eigenvalue weighted by molar-refractivity contribution is 7.92. The topological polar surface area (TPSA) is 96.0 Å². The summed E-state index contributed by atoms with van der Waals surface area (Å²) in [7, 11) is -4.23. The van der Waals surface area contributed by atoms with E-state index in [9.17, 15) is 18.0 Å². The van der Waals surface area contributed by atoms with Gasteiger partial charge in [-0.1, -0.05) is 78.9 Å². The zero-order valence-electron chi connectivity index (χ0n) is 25.3. The van der Waals surface area contributed by atoms with Crippen molar-refractivity contribution in [1.82, 2.24) is 10.2 Å². The van der Waals surface area contributed by atoms with E-state index in [2.05, 4.69) is 5.32 Å². The minimum atomic E-state index is -4.23. The first kappa shape index (κ1) is 33.6. The predicted octanol–water partition coefficient (Wildman–Crippen LogP) is 6.76. The number of carbonyl (C=O) groups is 2. The van der Waals surface area contributed by atoms with Gasteiger partial charge in [0.05, 0.1) is 27.2 Å². The van der Waals surface area contributed by atoms with Crippen LogP contribution in [0.25, 0.3) is 0 Å². The fourth-order valence-electron chi connectivity index (χ4n) is 5.41. The third kappa shape index (κ3) is 8.06. The lowest BCUT2D eigenvalue weighted by Gasteiger charge is -2.34. The van der Waals surface area contributed by atoms with Crippen LogP contribution in [0.4, 0.5) is 5.69 Å². The largest absolute Gasteiger partial charge is 0.492 e. The highest BCUT2D eigenvalue weighted by atomic mass is 35.5. The van der Waals surface area contributed by atoms with Crippen LogP contribution in [0, 0.1) is 6.92 Å². The quantitative estimate of drug-likeness (QED) is 0.219. The molecule has 0 unspecified atom stereocenters. The zero-order valence-corrected chi connectivity index (χ0v) is 27.6. The van der Waals surface area contributed by atoms with E-state index in [1.165, 1.54) is 17.0 Å². The monoisotopic (exact) mass is 659 g/mol. The Hall–Kier alpha value is -3.27. The molecule has 3 aromatic rings. The molecule has 44 heavy (non-hydrogen) atoms. The van der Waals surface area contributed by atoms with Crippen molar-refractivity contribution in [3.8, 4) is 5.75 Å². The molecule has 1 atom stereocenters. The van der Waals surface area contributed by atoms with Crippen LogP contribution < -0.4 is 14.4 Å². The summed E-state index contributed by atoms with van der Waals surface area (Å²) in [5.41, 5.74) is 1.77. The molecule has 0 aromatic heterocycles. The number of ether oxygens (including phenoxy) is 1. The summed E-state index contributed by atoms with van der Waals surface area (Å²) in [6, 6.07) is 17.4. The number of para-hydroxylation sites is 2. The van der Waals surface area contributed by atoms with Crippen LogP contribution >= 0.6 is 23.2 Å². The van der Waals surface area contributed by atoms with Gasteiger partial charge in [0.1, 0.15) is 18.3 Å². The molecule has 0 spiro atoms. The molecule has 0 bridgehead atoms. The minimum absolute atomic E-state index is 0.0256. The highest BCUT2D eigenvalue weighted by Gasteiger charge is 2.35. The second kappa shape index (κ2) is 15.1. The summed E-state index contributed by atoms with van der Waals surface area (Å²) < 4.78 is 35.2. The molecule has 0 heterocycles. The number of aryl methyl sites for hydroxylation is 1. The van der Waals surface area contributed by atoms with Gasteiger partial charge in [0.15, 0.2) is 0 Å². The number of hydrogen-bond acceptors (Lipinski definition) is 5. The minimum Gasteiger partial charge on any atom is -0.492 e. The summed E-state index contributed by atoms with van der Waals surface area (Å²) in [6.07, 6.45) is 4.18. The molecule has 1 N–H and O–H groups in total. The van der Waals surface area contributed by atoms with E-state index in [0.29, 0.717) is 34.4 Å². The number of amides is 2. The molecule has 3 aromatic carbocycles. The van der Waals surface area contributed by atoms with E-state index in [0.717, 1.165) is 35.6 Å². The fraction of sp³-hybridized carbons (Fsp3) is 0.394. The van der Waals surface area contributed by atoms with Gasteiger partial charge in [0.2, 0.25) is 11.8 Å². The number of anilines is 1. The van der Waals surface area contributed by atoms with Gasteiger partial charge in [0, 0.05) is 12.6 Å². The molecule has 4 rings (SSSR count). The lowest BCUT2D eigenvalue weighted by molar-refractivity contribution is -0.140. The van der Waals surface area contributed by atoms with Crippen molar-refractivity contribution >= 4 is 50.7 Å². The van der Waals surface area contributed by atoms with E-state index in [1.807, 2.05) is 13.8 Å². The van der Waals surface area contributed by atoms with Crippen LogP contribution in [-0.2, 0) is 26.2 Å². The molecule has 2 amide bonds. The smallest absolute Gasteiger partial charge is 0.264 e. The van der Waals surface area contributed by atoms with Crippen LogP contribution in [0.3, 0.4) is 0 Å². The van der Waals surface area contributed by atoms with Gasteiger partial charge in [-0.05, 0) is 75.1 Å². The van der Waals surface area contributed by atoms with Gasteiger partial charge in [-0.2, -0.15) is 0 Å². The molecule has 236 valence electrons. The number of benzene rings is 3. The van der Waals surface area contributed by atoms with Crippen molar-refractivity contribution in [2.24, 2.45) is 0 Å². The van der Waals surface area contributed by atoms with Crippen LogP contribution in [0.15, 0.2) is 71.6 Å². The number of hydrogen-bond donors (Lipinski definition) is 1. The maximum absolute atomic E-state index is 14.4. The lowest BCUT2D eigenvalue weighted by Crippen LogP contribution is -2.53. The number of nitrogens with one attached hydrogen (secondary N) is 1. The Morgan fingerprint density at radius 2 is 1.66 bits per heavy atom. The summed E-state index contributed by atoms with van der Waals surface area (Å²) in [5.74, 6) is -0.498. The second-order valence-corrected chi connectivity index (χ2v) is 13.6. The number of halogens is 2. The van der Waals surface area contributed by atoms with E-state index in [-0.39, 0.29) is 29.1 Å². The van der Waals surface area contributed by atoms with Crippen LogP contribution in [0.2, 0.25) is 10.0 Å². The molecule has 1 aliphatic carbocycles. The second-order valence-electron chi connectivity index (χ2n) is 10.9. The van der Waals surface area contributed by atoms with Crippen molar-refractivity contribution in [3.05, 3.63) is 87.9 Å². The first-order valence-corrected chi connectivity index (χ1v) is 17.1. The zero-order chi connectivity index (χ0) is 31.9. The van der Waals surface area contributed by atoms with E-state index in [1.54, 1.807) is 61.5 Å². The SMILES string of the molecule is CCOc1ccccc1N(CC(=O)N(Cc1ccc(Cl)c(Cl)c1)[C@H](CC)C(=O)NC1CCCC1)S(=O)(=O)c1ccc(C)cc1. The summed E-state index contributed by atoms with van der Waals surface area (Å²) in [6.45, 7) is 5.26. The molecule has 0 aliphatic heterocycles. The van der Waals surface area contributed by atoms with Crippen molar-refractivity contribution in [2.45, 2.75) is 76.4 Å². The number of carbonyl (C=O) groups excluding carboxylic acids is 2. The van der Waals surface area contributed by atoms with Gasteiger partial charge in [-0.3, -0.25) is 13.9 Å². The number of nitrogens with zero attached hydrogens (tertiary/aromatic N) is 2. The lowest BCUT2D eigenvalue weighted by atomic mass is 10.1. The summed E-state index contributed by atoms with van der Waals surface area (Å²) in [5, 5.41) is 3.79. The highest BCUT2D eigenvalue weighted by Crippen LogP contribution is 2.33. The Kier molecular flexibility index (Phi) is 11.6. The van der Waals surface area contributed by atoms with Crippen molar-refractivity contribution in [3.63, 3.8) is 0 Å². The average Bonchev–Trinajstić information content (AvgIpc) is 3.51. The Balaban J connectivity index is 1.76. The van der Waals surface area contributed by atoms with E-state index in [4.69, 9.17) is 27.9 Å². The van der Waals surface area contributed by atoms with Crippen molar-refractivity contribution < 1.29 is 22.7 Å². The Morgan fingerprint density at radius 3 is 2.30 bits per heavy atom. The first-order valence-electron chi connectivity index (χ1n) is 14.9. The third-order valence-corrected chi connectivity index (χ3v) is 10.3. The maximum atomic E-state index is 14.4. The van der Waals surface area contributed by atoms with Crippen molar-refractivity contribution in [2.75, 3.05) is 17.5 Å². The van der Waals surface area contributed by atoms with Crippen LogP contribution in [0.5, 0.6) is 5.75 Å². The average molecular weight is 661 g/mol. The normalized spacial score (nSPS) is 14.2. The molecular weight excluding hydrogens is 621 g/mol. The van der Waals surface area contributed by atoms with E-state index < -0.39 is 28.5 Å². The molecule has 11 heteroatoms. The fourth-order valence-corrected chi connectivity index (χ4v) is 7.16. The van der Waals surface area contributed by atoms with Crippen molar-refractivity contribution in [1.29, 1.82) is 0 Å². The molecule has 8 nitrogen and oxygen atoms in total. The van der Waals surface area contributed by atoms with Gasteiger partial charge in [-0.15, -0.1) is 0 Å². The maximum Gasteiger partial charge on any atom is 0.264 e. The first-order chi connectivity index (χ1) is 21.0. The summed E-state index contributed by atoms with van der Waals surface area (Å²) >= 11 is 12.4. The van der Waals surface area contributed by atoms with Gasteiger partial charge >= 0.3 is 0 Å². The Morgan fingerprint density at radius 1 is 0.977 bits per heavy atom. The molecule has 1 fully saturated rings. The Bertz CT molecular complexity index is 1560. The third-order valence-electron chi connectivity index (χ3n) is 7.75. The predicted molar refractivity (Wildman–Crippen MR) is 175 cm³/mol. The van der Waals surface area contributed by atoms with Gasteiger partial charge < -0.3 is 15.0 Å². The van der Waals surface area contributed by atoms with Gasteiger partial charge in [0.25, 0.3) is 10.0 Å². The van der Waals surface area contributed by atoms with E-state index >= 15 is 0 Å². The Labute approximate surface area is 270 Å².